The number of ether oxygens (including phenoxy) is 1. The van der Waals surface area contributed by atoms with Crippen LogP contribution in [0, 0.1) is 0 Å². The summed E-state index contributed by atoms with van der Waals surface area (Å²) in [6, 6.07) is 20.3. The summed E-state index contributed by atoms with van der Waals surface area (Å²) < 4.78 is 33.4. The molecule has 0 radical (unpaired) electrons. The first-order valence-electron chi connectivity index (χ1n) is 10.8. The molecule has 0 bridgehead atoms. The molecule has 0 saturated carbocycles. The zero-order chi connectivity index (χ0) is 24.1. The molecule has 0 aromatic heterocycles. The Bertz CT molecular complexity index is 1290. The van der Waals surface area contributed by atoms with E-state index in [0.29, 0.717) is 23.7 Å². The number of rotatable bonds is 7. The fourth-order valence-electron chi connectivity index (χ4n) is 3.77. The van der Waals surface area contributed by atoms with Crippen molar-refractivity contribution in [3.8, 4) is 5.75 Å². The molecule has 0 fully saturated rings. The van der Waals surface area contributed by atoms with Crippen molar-refractivity contribution in [2.45, 2.75) is 24.7 Å². The molecule has 34 heavy (non-hydrogen) atoms. The second-order valence-electron chi connectivity index (χ2n) is 7.88. The van der Waals surface area contributed by atoms with Gasteiger partial charge in [0.15, 0.2) is 6.61 Å². The van der Waals surface area contributed by atoms with E-state index >= 15 is 0 Å². The number of carbonyl (C=O) groups is 2. The van der Waals surface area contributed by atoms with Gasteiger partial charge in [-0.15, -0.1) is 0 Å². The molecule has 176 valence electrons. The Morgan fingerprint density at radius 2 is 1.56 bits per heavy atom. The van der Waals surface area contributed by atoms with Crippen LogP contribution < -0.4 is 19.7 Å². The Balaban J connectivity index is 1.36. The lowest BCUT2D eigenvalue weighted by Crippen LogP contribution is -2.35. The molecule has 2 amide bonds. The van der Waals surface area contributed by atoms with Crippen LogP contribution in [0.15, 0.2) is 77.7 Å². The van der Waals surface area contributed by atoms with Gasteiger partial charge in [0.05, 0.1) is 10.6 Å². The monoisotopic (exact) mass is 479 g/mol. The number of anilines is 3. The zero-order valence-electron chi connectivity index (χ0n) is 18.7. The topological polar surface area (TPSA) is 105 Å². The third kappa shape index (κ3) is 5.37. The molecule has 2 N–H and O–H groups in total. The highest BCUT2D eigenvalue weighted by atomic mass is 32.2. The molecule has 0 saturated heterocycles. The van der Waals surface area contributed by atoms with Crippen LogP contribution in [0.5, 0.6) is 5.75 Å². The van der Waals surface area contributed by atoms with Crippen LogP contribution in [-0.4, -0.2) is 33.4 Å². The molecule has 1 aliphatic rings. The Labute approximate surface area is 198 Å². The van der Waals surface area contributed by atoms with Crippen molar-refractivity contribution in [3.63, 3.8) is 0 Å². The van der Waals surface area contributed by atoms with Crippen LogP contribution in [0.2, 0.25) is 0 Å². The summed E-state index contributed by atoms with van der Waals surface area (Å²) in [6.07, 6.45) is 1.62. The summed E-state index contributed by atoms with van der Waals surface area (Å²) in [5.41, 5.74) is 2.93. The fraction of sp³-hybridized carbons (Fsp3) is 0.200. The van der Waals surface area contributed by atoms with Crippen molar-refractivity contribution in [2.24, 2.45) is 0 Å². The maximum Gasteiger partial charge on any atom is 0.264 e. The van der Waals surface area contributed by atoms with Crippen molar-refractivity contribution in [1.29, 1.82) is 0 Å². The number of carbonyl (C=O) groups excluding carboxylic acids is 2. The fourth-order valence-corrected chi connectivity index (χ4v) is 5.31. The second kappa shape index (κ2) is 9.96. The highest BCUT2D eigenvalue weighted by Gasteiger charge is 2.28. The van der Waals surface area contributed by atoms with E-state index in [9.17, 15) is 18.0 Å². The van der Waals surface area contributed by atoms with Gasteiger partial charge in [0.1, 0.15) is 5.75 Å². The lowest BCUT2D eigenvalue weighted by molar-refractivity contribution is -0.118. The van der Waals surface area contributed by atoms with Gasteiger partial charge in [-0.05, 0) is 73.0 Å². The number of nitrogens with zero attached hydrogens (tertiary/aromatic N) is 1. The van der Waals surface area contributed by atoms with Gasteiger partial charge in [0.2, 0.25) is 5.91 Å². The molecule has 4 rings (SSSR count). The Kier molecular flexibility index (Phi) is 6.83. The molecular weight excluding hydrogens is 454 g/mol. The molecule has 0 unspecified atom stereocenters. The predicted molar refractivity (Wildman–Crippen MR) is 131 cm³/mol. The minimum absolute atomic E-state index is 0.167. The number of fused-ring (bicyclic) bond motifs is 1. The van der Waals surface area contributed by atoms with Gasteiger partial charge in [0, 0.05) is 24.8 Å². The number of benzene rings is 3. The molecule has 3 aromatic carbocycles. The first-order chi connectivity index (χ1) is 16.3. The zero-order valence-corrected chi connectivity index (χ0v) is 19.5. The van der Waals surface area contributed by atoms with E-state index in [4.69, 9.17) is 4.74 Å². The van der Waals surface area contributed by atoms with Gasteiger partial charge in [-0.3, -0.25) is 13.9 Å². The Morgan fingerprint density at radius 1 is 0.912 bits per heavy atom. The maximum absolute atomic E-state index is 13.2. The average molecular weight is 480 g/mol. The van der Waals surface area contributed by atoms with E-state index in [1.807, 2.05) is 24.3 Å². The minimum atomic E-state index is -3.70. The van der Waals surface area contributed by atoms with Crippen LogP contribution >= 0.6 is 0 Å². The minimum Gasteiger partial charge on any atom is -0.484 e. The van der Waals surface area contributed by atoms with E-state index < -0.39 is 10.0 Å². The van der Waals surface area contributed by atoms with Crippen LogP contribution in [0.3, 0.4) is 0 Å². The van der Waals surface area contributed by atoms with Gasteiger partial charge in [-0.2, -0.15) is 0 Å². The molecule has 1 heterocycles. The normalized spacial score (nSPS) is 13.0. The SMILES string of the molecule is CC(=O)Nc1ccc(NC(=O)COc2ccc(S(=O)(=O)N3CCCc4ccccc43)cc2)cc1. The van der Waals surface area contributed by atoms with Gasteiger partial charge in [-0.25, -0.2) is 8.42 Å². The standard InChI is InChI=1S/C25H25N3O5S/c1-18(29)26-20-8-10-21(11-9-20)27-25(30)17-33-22-12-14-23(15-13-22)34(31,32)28-16-4-6-19-5-2-3-7-24(19)28/h2-3,5,7-15H,4,6,16-17H2,1H3,(H,26,29)(H,27,30). The maximum atomic E-state index is 13.2. The lowest BCUT2D eigenvalue weighted by Gasteiger charge is -2.30. The molecule has 1 aliphatic heterocycles. The highest BCUT2D eigenvalue weighted by molar-refractivity contribution is 7.92. The summed E-state index contributed by atoms with van der Waals surface area (Å²) in [5.74, 6) is -0.159. The van der Waals surface area contributed by atoms with E-state index in [-0.39, 0.29) is 23.3 Å². The lowest BCUT2D eigenvalue weighted by atomic mass is 10.0. The number of amides is 2. The molecular formula is C25H25N3O5S. The molecule has 0 aliphatic carbocycles. The van der Waals surface area contributed by atoms with Crippen LogP contribution in [-0.2, 0) is 26.0 Å². The number of hydrogen-bond acceptors (Lipinski definition) is 5. The quantitative estimate of drug-likeness (QED) is 0.536. The third-order valence-corrected chi connectivity index (χ3v) is 7.17. The summed E-state index contributed by atoms with van der Waals surface area (Å²) in [5, 5.41) is 5.35. The highest BCUT2D eigenvalue weighted by Crippen LogP contribution is 2.32. The third-order valence-electron chi connectivity index (χ3n) is 5.34. The summed E-state index contributed by atoms with van der Waals surface area (Å²) in [6.45, 7) is 1.62. The number of aryl methyl sites for hydroxylation is 1. The van der Waals surface area contributed by atoms with Crippen molar-refractivity contribution in [2.75, 3.05) is 28.1 Å². The largest absolute Gasteiger partial charge is 0.484 e. The van der Waals surface area contributed by atoms with Crippen LogP contribution in [0.25, 0.3) is 0 Å². The van der Waals surface area contributed by atoms with Crippen molar-refractivity contribution >= 4 is 38.9 Å². The molecule has 3 aromatic rings. The van der Waals surface area contributed by atoms with E-state index in [2.05, 4.69) is 10.6 Å². The summed E-state index contributed by atoms with van der Waals surface area (Å²) in [4.78, 5) is 23.4. The second-order valence-corrected chi connectivity index (χ2v) is 9.74. The van der Waals surface area contributed by atoms with Gasteiger partial charge in [-0.1, -0.05) is 18.2 Å². The van der Waals surface area contributed by atoms with Crippen LogP contribution in [0.1, 0.15) is 18.9 Å². The Morgan fingerprint density at radius 3 is 2.24 bits per heavy atom. The van der Waals surface area contributed by atoms with Crippen molar-refractivity contribution in [3.05, 3.63) is 78.4 Å². The first kappa shape index (κ1) is 23.3. The number of para-hydroxylation sites is 1. The Hall–Kier alpha value is -3.85. The molecule has 8 nitrogen and oxygen atoms in total. The van der Waals surface area contributed by atoms with Gasteiger partial charge < -0.3 is 15.4 Å². The van der Waals surface area contributed by atoms with E-state index in [1.165, 1.54) is 35.5 Å². The van der Waals surface area contributed by atoms with Gasteiger partial charge in [0.25, 0.3) is 15.9 Å². The van der Waals surface area contributed by atoms with E-state index in [1.54, 1.807) is 24.3 Å². The first-order valence-corrected chi connectivity index (χ1v) is 12.3. The van der Waals surface area contributed by atoms with Crippen molar-refractivity contribution in [1.82, 2.24) is 0 Å². The molecule has 0 atom stereocenters. The smallest absolute Gasteiger partial charge is 0.264 e. The van der Waals surface area contributed by atoms with E-state index in [0.717, 1.165) is 24.1 Å². The van der Waals surface area contributed by atoms with Crippen molar-refractivity contribution < 1.29 is 22.7 Å². The number of hydrogen-bond donors (Lipinski definition) is 2. The van der Waals surface area contributed by atoms with Gasteiger partial charge >= 0.3 is 0 Å². The number of nitrogens with one attached hydrogen (secondary N) is 2. The predicted octanol–water partition coefficient (Wildman–Crippen LogP) is 3.80. The molecule has 9 heteroatoms. The molecule has 0 spiro atoms. The number of sulfonamides is 1. The van der Waals surface area contributed by atoms with Crippen LogP contribution in [0.4, 0.5) is 17.1 Å². The average Bonchev–Trinajstić information content (AvgIpc) is 2.83. The summed E-state index contributed by atoms with van der Waals surface area (Å²) in [7, 11) is -3.70. The summed E-state index contributed by atoms with van der Waals surface area (Å²) >= 11 is 0.